The average molecular weight is 224 g/mol. The number of carboxylic acid groups (broad SMARTS) is 1. The Morgan fingerprint density at radius 1 is 1.38 bits per heavy atom. The van der Waals surface area contributed by atoms with Gasteiger partial charge in [0.25, 0.3) is 0 Å². The number of carbonyl (C=O) groups is 1. The molecule has 1 aromatic rings. The van der Waals surface area contributed by atoms with Gasteiger partial charge >= 0.3 is 5.97 Å². The van der Waals surface area contributed by atoms with Crippen molar-refractivity contribution in [3.8, 4) is 0 Å². The minimum absolute atomic E-state index is 0.0303. The van der Waals surface area contributed by atoms with Crippen molar-refractivity contribution in [2.45, 2.75) is 27.2 Å². The van der Waals surface area contributed by atoms with Crippen molar-refractivity contribution in [2.24, 2.45) is 5.92 Å². The van der Waals surface area contributed by atoms with Gasteiger partial charge in [0.1, 0.15) is 0 Å². The Balaban J connectivity index is 2.48. The molecule has 0 aliphatic rings. The quantitative estimate of drug-likeness (QED) is 0.776. The molecule has 0 aliphatic carbocycles. The van der Waals surface area contributed by atoms with Crippen molar-refractivity contribution in [3.63, 3.8) is 0 Å². The highest BCUT2D eigenvalue weighted by atomic mass is 16.4. The molecule has 0 saturated heterocycles. The smallest absolute Gasteiger partial charge is 0.303 e. The molecule has 0 bridgehead atoms. The first kappa shape index (κ1) is 12.4. The minimum atomic E-state index is -0.798. The molecule has 0 saturated carbocycles. The number of anilines is 1. The fraction of sp³-hybridized carbons (Fsp3) is 0.600. The van der Waals surface area contributed by atoms with E-state index in [2.05, 4.69) is 20.5 Å². The van der Waals surface area contributed by atoms with E-state index >= 15 is 0 Å². The number of nitrogens with zero attached hydrogens (tertiary/aromatic N) is 3. The van der Waals surface area contributed by atoms with Crippen LogP contribution in [0.5, 0.6) is 0 Å². The monoisotopic (exact) mass is 224 g/mol. The number of rotatable bonds is 5. The van der Waals surface area contributed by atoms with E-state index in [1.807, 2.05) is 20.8 Å². The zero-order valence-electron chi connectivity index (χ0n) is 9.69. The molecule has 0 fully saturated rings. The summed E-state index contributed by atoms with van der Waals surface area (Å²) in [5.74, 6) is -0.323. The van der Waals surface area contributed by atoms with E-state index in [1.54, 1.807) is 0 Å². The van der Waals surface area contributed by atoms with Crippen LogP contribution in [0.15, 0.2) is 0 Å². The summed E-state index contributed by atoms with van der Waals surface area (Å²) < 4.78 is 0. The highest BCUT2D eigenvalue weighted by Crippen LogP contribution is 2.05. The van der Waals surface area contributed by atoms with Crippen LogP contribution in [0.25, 0.3) is 0 Å². The maximum absolute atomic E-state index is 10.4. The minimum Gasteiger partial charge on any atom is -0.481 e. The molecule has 0 aliphatic heterocycles. The van der Waals surface area contributed by atoms with Gasteiger partial charge in [0.15, 0.2) is 0 Å². The normalized spacial score (nSPS) is 12.2. The lowest BCUT2D eigenvalue weighted by atomic mass is 10.1. The Labute approximate surface area is 94.1 Å². The number of aliphatic carboxylic acids is 1. The van der Waals surface area contributed by atoms with E-state index in [0.717, 1.165) is 11.4 Å². The van der Waals surface area contributed by atoms with Crippen molar-refractivity contribution in [1.82, 2.24) is 15.2 Å². The van der Waals surface area contributed by atoms with Crippen molar-refractivity contribution in [2.75, 3.05) is 11.9 Å². The summed E-state index contributed by atoms with van der Waals surface area (Å²) in [7, 11) is 0. The van der Waals surface area contributed by atoms with Crippen molar-refractivity contribution in [3.05, 3.63) is 11.4 Å². The molecule has 1 aromatic heterocycles. The van der Waals surface area contributed by atoms with Crippen LogP contribution in [0.2, 0.25) is 0 Å². The van der Waals surface area contributed by atoms with Crippen LogP contribution in [0, 0.1) is 19.8 Å². The Bertz CT molecular complexity index is 381. The van der Waals surface area contributed by atoms with Gasteiger partial charge in [0.2, 0.25) is 5.95 Å². The fourth-order valence-electron chi connectivity index (χ4n) is 1.17. The van der Waals surface area contributed by atoms with Crippen LogP contribution in [0.4, 0.5) is 5.95 Å². The number of hydrogen-bond donors (Lipinski definition) is 2. The lowest BCUT2D eigenvalue weighted by Gasteiger charge is -2.10. The van der Waals surface area contributed by atoms with Gasteiger partial charge in [-0.3, -0.25) is 4.79 Å². The van der Waals surface area contributed by atoms with Crippen molar-refractivity contribution in [1.29, 1.82) is 0 Å². The van der Waals surface area contributed by atoms with Crippen LogP contribution in [-0.4, -0.2) is 32.8 Å². The predicted octanol–water partition coefficient (Wildman–Crippen LogP) is 1.01. The number of aromatic nitrogens is 3. The number of aryl methyl sites for hydroxylation is 2. The van der Waals surface area contributed by atoms with E-state index in [-0.39, 0.29) is 12.3 Å². The fourth-order valence-corrected chi connectivity index (χ4v) is 1.17. The van der Waals surface area contributed by atoms with E-state index in [4.69, 9.17) is 5.11 Å². The summed E-state index contributed by atoms with van der Waals surface area (Å²) in [5, 5.41) is 19.4. The van der Waals surface area contributed by atoms with Gasteiger partial charge in [-0.2, -0.15) is 5.10 Å². The molecule has 0 aromatic carbocycles. The highest BCUT2D eigenvalue weighted by Gasteiger charge is 2.08. The third-order valence-electron chi connectivity index (χ3n) is 2.22. The summed E-state index contributed by atoms with van der Waals surface area (Å²) >= 11 is 0. The molecule has 6 nitrogen and oxygen atoms in total. The maximum Gasteiger partial charge on any atom is 0.303 e. The topological polar surface area (TPSA) is 88.0 Å². The SMILES string of the molecule is Cc1nnc(NCC(C)CC(=O)O)nc1C. The number of nitrogens with one attached hydrogen (secondary N) is 1. The van der Waals surface area contributed by atoms with Gasteiger partial charge in [0.05, 0.1) is 11.4 Å². The summed E-state index contributed by atoms with van der Waals surface area (Å²) in [6.45, 7) is 6.08. The van der Waals surface area contributed by atoms with Crippen LogP contribution >= 0.6 is 0 Å². The van der Waals surface area contributed by atoms with E-state index < -0.39 is 5.97 Å². The van der Waals surface area contributed by atoms with Gasteiger partial charge in [-0.05, 0) is 19.8 Å². The Morgan fingerprint density at radius 3 is 2.62 bits per heavy atom. The summed E-state index contributed by atoms with van der Waals surface area (Å²) in [6, 6.07) is 0. The molecule has 1 unspecified atom stereocenters. The van der Waals surface area contributed by atoms with Gasteiger partial charge in [0, 0.05) is 13.0 Å². The average Bonchev–Trinajstić information content (AvgIpc) is 2.19. The zero-order chi connectivity index (χ0) is 12.1. The molecule has 1 atom stereocenters. The Hall–Kier alpha value is -1.72. The van der Waals surface area contributed by atoms with Crippen LogP contribution < -0.4 is 5.32 Å². The second kappa shape index (κ2) is 5.39. The first-order chi connectivity index (χ1) is 7.49. The van der Waals surface area contributed by atoms with E-state index in [0.29, 0.717) is 12.5 Å². The molecule has 88 valence electrons. The standard InChI is InChI=1S/C10H16N4O2/c1-6(4-9(15)16)5-11-10-12-7(2)8(3)13-14-10/h6H,4-5H2,1-3H3,(H,15,16)(H,11,12,14). The first-order valence-electron chi connectivity index (χ1n) is 5.12. The molecule has 0 amide bonds. The second-order valence-electron chi connectivity index (χ2n) is 3.89. The summed E-state index contributed by atoms with van der Waals surface area (Å²) in [5.41, 5.74) is 1.62. The largest absolute Gasteiger partial charge is 0.481 e. The summed E-state index contributed by atoms with van der Waals surface area (Å²) in [6.07, 6.45) is 0.130. The lowest BCUT2D eigenvalue weighted by Crippen LogP contribution is -2.17. The van der Waals surface area contributed by atoms with Crippen LogP contribution in [-0.2, 0) is 4.79 Å². The maximum atomic E-state index is 10.4. The third-order valence-corrected chi connectivity index (χ3v) is 2.22. The second-order valence-corrected chi connectivity index (χ2v) is 3.89. The Kier molecular flexibility index (Phi) is 4.16. The highest BCUT2D eigenvalue weighted by molar-refractivity contribution is 5.67. The summed E-state index contributed by atoms with van der Waals surface area (Å²) in [4.78, 5) is 14.6. The van der Waals surface area contributed by atoms with Crippen molar-refractivity contribution < 1.29 is 9.90 Å². The molecule has 6 heteroatoms. The third kappa shape index (κ3) is 3.80. The molecular weight excluding hydrogens is 208 g/mol. The van der Waals surface area contributed by atoms with Gasteiger partial charge in [-0.25, -0.2) is 4.98 Å². The van der Waals surface area contributed by atoms with Crippen LogP contribution in [0.3, 0.4) is 0 Å². The van der Waals surface area contributed by atoms with E-state index in [1.165, 1.54) is 0 Å². The predicted molar refractivity (Wildman–Crippen MR) is 59.2 cm³/mol. The molecular formula is C10H16N4O2. The molecule has 0 radical (unpaired) electrons. The number of hydrogen-bond acceptors (Lipinski definition) is 5. The molecule has 0 spiro atoms. The van der Waals surface area contributed by atoms with Crippen LogP contribution in [0.1, 0.15) is 24.7 Å². The van der Waals surface area contributed by atoms with Gasteiger partial charge in [-0.1, -0.05) is 6.92 Å². The Morgan fingerprint density at radius 2 is 2.06 bits per heavy atom. The molecule has 1 rings (SSSR count). The number of carboxylic acids is 1. The van der Waals surface area contributed by atoms with Crippen molar-refractivity contribution >= 4 is 11.9 Å². The molecule has 2 N–H and O–H groups in total. The van der Waals surface area contributed by atoms with Gasteiger partial charge < -0.3 is 10.4 Å². The molecule has 16 heavy (non-hydrogen) atoms. The molecule has 1 heterocycles. The zero-order valence-corrected chi connectivity index (χ0v) is 9.69. The van der Waals surface area contributed by atoms with E-state index in [9.17, 15) is 4.79 Å². The van der Waals surface area contributed by atoms with Gasteiger partial charge in [-0.15, -0.1) is 5.10 Å². The lowest BCUT2D eigenvalue weighted by molar-refractivity contribution is -0.137. The first-order valence-corrected chi connectivity index (χ1v) is 5.12.